The number of hydrogen-bond acceptors (Lipinski definition) is 5. The van der Waals surface area contributed by atoms with Crippen molar-refractivity contribution in [3.63, 3.8) is 0 Å². The molecule has 9 heteroatoms. The largest absolute Gasteiger partial charge is 0.348 e. The normalized spacial score (nSPS) is 13.6. The zero-order valence-electron chi connectivity index (χ0n) is 14.9. The number of rotatable bonds is 6. The number of carbonyl (C=O) groups is 1. The molecule has 2 aromatic heterocycles. The van der Waals surface area contributed by atoms with Crippen LogP contribution in [-0.2, 0) is 19.6 Å². The molecule has 3 aromatic rings. The molecule has 144 valence electrons. The van der Waals surface area contributed by atoms with Gasteiger partial charge in [0.05, 0.1) is 19.4 Å². The Balaban J connectivity index is 1.53. The Morgan fingerprint density at radius 2 is 2.18 bits per heavy atom. The van der Waals surface area contributed by atoms with Gasteiger partial charge in [0, 0.05) is 28.4 Å². The number of thiophene rings is 1. The first-order valence-electron chi connectivity index (χ1n) is 8.69. The van der Waals surface area contributed by atoms with E-state index in [1.807, 2.05) is 30.3 Å². The van der Waals surface area contributed by atoms with Crippen LogP contribution in [0.2, 0.25) is 0 Å². The van der Waals surface area contributed by atoms with Crippen molar-refractivity contribution in [2.24, 2.45) is 5.73 Å². The molecule has 0 saturated heterocycles. The predicted molar refractivity (Wildman–Crippen MR) is 105 cm³/mol. The standard InChI is InChI=1S/C19H18FN5O2S/c20-6-12(7-21)9-25-19(27)24(11-23-25)10-15-2-4-17(28-15)13-1-3-16-14(5-13)8-22-18(16)26/h1-6,11H,7-10,21H2,(H,22,26)/b12-6+. The topological polar surface area (TPSA) is 94.9 Å². The first kappa shape index (κ1) is 18.3. The molecule has 0 atom stereocenters. The molecule has 3 heterocycles. The van der Waals surface area contributed by atoms with Crippen LogP contribution in [0.5, 0.6) is 0 Å². The molecule has 1 aliphatic rings. The van der Waals surface area contributed by atoms with Gasteiger partial charge in [0.15, 0.2) is 0 Å². The van der Waals surface area contributed by atoms with Crippen LogP contribution < -0.4 is 16.7 Å². The Labute approximate surface area is 163 Å². The zero-order valence-corrected chi connectivity index (χ0v) is 15.7. The van der Waals surface area contributed by atoms with Gasteiger partial charge in [-0.25, -0.2) is 13.9 Å². The minimum absolute atomic E-state index is 0.0337. The van der Waals surface area contributed by atoms with E-state index in [-0.39, 0.29) is 24.7 Å². The van der Waals surface area contributed by atoms with E-state index in [1.165, 1.54) is 15.6 Å². The summed E-state index contributed by atoms with van der Waals surface area (Å²) in [5.41, 5.74) is 8.17. The molecule has 1 aliphatic heterocycles. The van der Waals surface area contributed by atoms with Gasteiger partial charge >= 0.3 is 5.69 Å². The molecule has 0 fully saturated rings. The summed E-state index contributed by atoms with van der Waals surface area (Å²) in [6.07, 6.45) is 1.86. The Morgan fingerprint density at radius 3 is 2.96 bits per heavy atom. The number of halogens is 1. The number of fused-ring (bicyclic) bond motifs is 1. The minimum atomic E-state index is -0.315. The Morgan fingerprint density at radius 1 is 1.32 bits per heavy atom. The maximum Gasteiger partial charge on any atom is 0.346 e. The second-order valence-corrected chi connectivity index (χ2v) is 7.66. The van der Waals surface area contributed by atoms with Gasteiger partial charge in [0.1, 0.15) is 6.33 Å². The number of carbonyl (C=O) groups excluding carboxylic acids is 1. The summed E-state index contributed by atoms with van der Waals surface area (Å²) < 4.78 is 15.4. The van der Waals surface area contributed by atoms with Crippen LogP contribution in [-0.4, -0.2) is 26.8 Å². The Hall–Kier alpha value is -3.04. The lowest BCUT2D eigenvalue weighted by Gasteiger charge is -2.02. The molecule has 3 N–H and O–H groups in total. The fourth-order valence-corrected chi connectivity index (χ4v) is 4.10. The van der Waals surface area contributed by atoms with E-state index >= 15 is 0 Å². The van der Waals surface area contributed by atoms with E-state index in [1.54, 1.807) is 11.3 Å². The van der Waals surface area contributed by atoms with Crippen molar-refractivity contribution in [3.8, 4) is 10.4 Å². The number of nitrogens with two attached hydrogens (primary N) is 1. The molecule has 0 bridgehead atoms. The third kappa shape index (κ3) is 3.41. The van der Waals surface area contributed by atoms with Crippen molar-refractivity contribution in [3.05, 3.63) is 75.1 Å². The summed E-state index contributed by atoms with van der Waals surface area (Å²) in [5.74, 6) is -0.0368. The molecule has 0 unspecified atom stereocenters. The molecule has 0 aliphatic carbocycles. The highest BCUT2D eigenvalue weighted by molar-refractivity contribution is 7.15. The summed E-state index contributed by atoms with van der Waals surface area (Å²) in [5, 5.41) is 6.84. The van der Waals surface area contributed by atoms with E-state index in [4.69, 9.17) is 5.73 Å². The number of benzene rings is 1. The molecule has 4 rings (SSSR count). The lowest BCUT2D eigenvalue weighted by molar-refractivity contribution is 0.0966. The fourth-order valence-electron chi connectivity index (χ4n) is 3.10. The van der Waals surface area contributed by atoms with E-state index in [9.17, 15) is 14.0 Å². The van der Waals surface area contributed by atoms with Crippen LogP contribution in [0, 0.1) is 0 Å². The molecule has 1 amide bonds. The van der Waals surface area contributed by atoms with Gasteiger partial charge in [-0.1, -0.05) is 6.07 Å². The molecular weight excluding hydrogens is 381 g/mol. The van der Waals surface area contributed by atoms with Gasteiger partial charge in [-0.2, -0.15) is 5.10 Å². The average molecular weight is 399 g/mol. The second kappa shape index (κ2) is 7.53. The molecule has 28 heavy (non-hydrogen) atoms. The highest BCUT2D eigenvalue weighted by atomic mass is 32.1. The second-order valence-electron chi connectivity index (χ2n) is 6.49. The first-order chi connectivity index (χ1) is 13.6. The van der Waals surface area contributed by atoms with E-state index in [0.29, 0.717) is 25.0 Å². The molecule has 0 radical (unpaired) electrons. The summed E-state index contributed by atoms with van der Waals surface area (Å²) >= 11 is 1.57. The lowest BCUT2D eigenvalue weighted by Crippen LogP contribution is -2.26. The smallest absolute Gasteiger partial charge is 0.346 e. The monoisotopic (exact) mass is 399 g/mol. The molecule has 0 saturated carbocycles. The van der Waals surface area contributed by atoms with Crippen molar-refractivity contribution in [2.75, 3.05) is 6.54 Å². The number of nitrogens with zero attached hydrogens (tertiary/aromatic N) is 3. The Bertz CT molecular complexity index is 1130. The molecule has 1 aromatic carbocycles. The van der Waals surface area contributed by atoms with Crippen LogP contribution in [0.1, 0.15) is 20.8 Å². The summed E-state index contributed by atoms with van der Waals surface area (Å²) in [6.45, 7) is 1.00. The van der Waals surface area contributed by atoms with Crippen molar-refractivity contribution in [1.29, 1.82) is 0 Å². The zero-order chi connectivity index (χ0) is 19.7. The maximum atomic E-state index is 12.7. The van der Waals surface area contributed by atoms with Crippen molar-refractivity contribution in [1.82, 2.24) is 19.7 Å². The third-order valence-electron chi connectivity index (χ3n) is 4.63. The van der Waals surface area contributed by atoms with E-state index in [0.717, 1.165) is 26.4 Å². The van der Waals surface area contributed by atoms with Crippen LogP contribution in [0.3, 0.4) is 0 Å². The number of aromatic nitrogens is 3. The van der Waals surface area contributed by atoms with Crippen molar-refractivity contribution >= 4 is 17.2 Å². The SMILES string of the molecule is NC/C(=C\F)Cn1ncn(Cc2ccc(-c3ccc4c(c3)CNC4=O)s2)c1=O. The van der Waals surface area contributed by atoms with E-state index < -0.39 is 0 Å². The average Bonchev–Trinajstić information content (AvgIpc) is 3.41. The van der Waals surface area contributed by atoms with Crippen molar-refractivity contribution in [2.45, 2.75) is 19.6 Å². The van der Waals surface area contributed by atoms with Gasteiger partial charge in [0.25, 0.3) is 5.91 Å². The highest BCUT2D eigenvalue weighted by Gasteiger charge is 2.19. The number of amides is 1. The lowest BCUT2D eigenvalue weighted by atomic mass is 10.1. The summed E-state index contributed by atoms with van der Waals surface area (Å²) in [7, 11) is 0. The van der Waals surface area contributed by atoms with Gasteiger partial charge in [-0.3, -0.25) is 9.36 Å². The first-order valence-corrected chi connectivity index (χ1v) is 9.51. The van der Waals surface area contributed by atoms with Crippen LogP contribution in [0.25, 0.3) is 10.4 Å². The number of nitrogens with one attached hydrogen (secondary N) is 1. The third-order valence-corrected chi connectivity index (χ3v) is 5.75. The van der Waals surface area contributed by atoms with Gasteiger partial charge in [-0.15, -0.1) is 11.3 Å². The summed E-state index contributed by atoms with van der Waals surface area (Å²) in [4.78, 5) is 26.1. The molecule has 7 nitrogen and oxygen atoms in total. The highest BCUT2D eigenvalue weighted by Crippen LogP contribution is 2.31. The molecule has 0 spiro atoms. The Kier molecular flexibility index (Phi) is 4.93. The van der Waals surface area contributed by atoms with Gasteiger partial charge in [-0.05, 0) is 41.0 Å². The maximum absolute atomic E-state index is 12.7. The van der Waals surface area contributed by atoms with Crippen molar-refractivity contribution < 1.29 is 9.18 Å². The predicted octanol–water partition coefficient (Wildman–Crippen LogP) is 1.88. The fraction of sp³-hybridized carbons (Fsp3) is 0.211. The van der Waals surface area contributed by atoms with Crippen LogP contribution in [0.15, 0.2) is 53.4 Å². The number of hydrogen-bond donors (Lipinski definition) is 2. The van der Waals surface area contributed by atoms with Gasteiger partial charge in [0.2, 0.25) is 0 Å². The van der Waals surface area contributed by atoms with Crippen LogP contribution in [0.4, 0.5) is 4.39 Å². The van der Waals surface area contributed by atoms with Crippen LogP contribution >= 0.6 is 11.3 Å². The quantitative estimate of drug-likeness (QED) is 0.662. The summed E-state index contributed by atoms with van der Waals surface area (Å²) in [6, 6.07) is 9.76. The van der Waals surface area contributed by atoms with E-state index in [2.05, 4.69) is 10.4 Å². The van der Waals surface area contributed by atoms with Gasteiger partial charge < -0.3 is 11.1 Å². The molecular formula is C19H18FN5O2S. The minimum Gasteiger partial charge on any atom is -0.348 e.